The van der Waals surface area contributed by atoms with E-state index in [2.05, 4.69) is 5.32 Å². The highest BCUT2D eigenvalue weighted by atomic mass is 16.2. The van der Waals surface area contributed by atoms with Gasteiger partial charge in [0.1, 0.15) is 11.8 Å². The number of rotatable bonds is 4. The fourth-order valence-electron chi connectivity index (χ4n) is 5.31. The van der Waals surface area contributed by atoms with Crippen LogP contribution in [0.3, 0.4) is 0 Å². The zero-order valence-corrected chi connectivity index (χ0v) is 16.5. The molecule has 28 heavy (non-hydrogen) atoms. The van der Waals surface area contributed by atoms with Crippen molar-refractivity contribution in [3.8, 4) is 0 Å². The van der Waals surface area contributed by atoms with Crippen LogP contribution in [0.4, 0.5) is 21.0 Å². The lowest BCUT2D eigenvalue weighted by molar-refractivity contribution is -0.113. The summed E-state index contributed by atoms with van der Waals surface area (Å²) in [6.45, 7) is 1.84. The van der Waals surface area contributed by atoms with Crippen LogP contribution in [0, 0.1) is 5.92 Å². The largest absolute Gasteiger partial charge is 0.330 e. The van der Waals surface area contributed by atoms with Gasteiger partial charge in [-0.2, -0.15) is 0 Å². The van der Waals surface area contributed by atoms with Crippen molar-refractivity contribution in [3.63, 3.8) is 0 Å². The summed E-state index contributed by atoms with van der Waals surface area (Å²) in [5, 5.41) is 2.56. The number of hydrogen-bond donors (Lipinski definition) is 1. The minimum atomic E-state index is -0.973. The van der Waals surface area contributed by atoms with E-state index in [0.717, 1.165) is 63.3 Å². The molecule has 1 aliphatic heterocycles. The molecule has 0 radical (unpaired) electrons. The van der Waals surface area contributed by atoms with E-state index in [9.17, 15) is 14.4 Å². The number of amides is 4. The van der Waals surface area contributed by atoms with Crippen LogP contribution in [0.2, 0.25) is 0 Å². The Kier molecular flexibility index (Phi) is 5.13. The number of urea groups is 2. The normalized spacial score (nSPS) is 23.8. The predicted octanol–water partition coefficient (Wildman–Crippen LogP) is 4.62. The second kappa shape index (κ2) is 7.57. The third-order valence-corrected chi connectivity index (χ3v) is 6.86. The summed E-state index contributed by atoms with van der Waals surface area (Å²) in [6.07, 6.45) is 10.1. The number of carbonyl (C=O) groups excluding carboxylic acids is 3. The Hall–Kier alpha value is -2.37. The molecule has 2 fully saturated rings. The molecule has 1 atom stereocenters. The molecule has 6 heteroatoms. The monoisotopic (exact) mass is 383 g/mol. The highest BCUT2D eigenvalue weighted by Crippen LogP contribution is 2.43. The average molecular weight is 383 g/mol. The number of aldehydes is 1. The van der Waals surface area contributed by atoms with E-state index < -0.39 is 11.6 Å². The van der Waals surface area contributed by atoms with Crippen molar-refractivity contribution in [2.45, 2.75) is 76.3 Å². The number of nitrogens with zero attached hydrogens (tertiary/aromatic N) is 2. The van der Waals surface area contributed by atoms with Crippen LogP contribution in [0.15, 0.2) is 24.3 Å². The molecule has 6 nitrogen and oxygen atoms in total. The molecule has 0 saturated heterocycles. The van der Waals surface area contributed by atoms with E-state index in [-0.39, 0.29) is 18.0 Å². The second-order valence-electron chi connectivity index (χ2n) is 8.55. The van der Waals surface area contributed by atoms with Crippen molar-refractivity contribution in [1.82, 2.24) is 5.32 Å². The Bertz CT molecular complexity index is 768. The van der Waals surface area contributed by atoms with Crippen LogP contribution in [0.5, 0.6) is 0 Å². The van der Waals surface area contributed by atoms with Crippen LogP contribution < -0.4 is 15.1 Å². The first kappa shape index (κ1) is 19.0. The van der Waals surface area contributed by atoms with Gasteiger partial charge in [-0.05, 0) is 50.7 Å². The van der Waals surface area contributed by atoms with E-state index in [1.807, 2.05) is 31.2 Å². The zero-order valence-electron chi connectivity index (χ0n) is 16.5. The molecular weight excluding hydrogens is 354 g/mol. The molecular formula is C22H29N3O3. The van der Waals surface area contributed by atoms with Crippen LogP contribution in [-0.4, -0.2) is 29.9 Å². The molecule has 2 saturated carbocycles. The number of carbonyl (C=O) groups is 3. The number of fused-ring (bicyclic) bond motifs is 1. The lowest BCUT2D eigenvalue weighted by Gasteiger charge is -2.41. The quantitative estimate of drug-likeness (QED) is 0.771. The summed E-state index contributed by atoms with van der Waals surface area (Å²) >= 11 is 0. The Morgan fingerprint density at radius 2 is 1.54 bits per heavy atom. The molecule has 1 heterocycles. The SMILES string of the molecule is CC(C=O)(C1CCCC1)N1C(=O)NC(=O)N(C2CCCCC2)c2ccccc21. The van der Waals surface area contributed by atoms with Gasteiger partial charge in [0.2, 0.25) is 0 Å². The number of hydrogen-bond acceptors (Lipinski definition) is 3. The molecule has 1 aromatic rings. The van der Waals surface area contributed by atoms with Gasteiger partial charge in [0.15, 0.2) is 0 Å². The van der Waals surface area contributed by atoms with Crippen molar-refractivity contribution in [2.75, 3.05) is 9.80 Å². The third-order valence-electron chi connectivity index (χ3n) is 6.86. The van der Waals surface area contributed by atoms with Gasteiger partial charge in [0, 0.05) is 6.04 Å². The summed E-state index contributed by atoms with van der Waals surface area (Å²) < 4.78 is 0. The van der Waals surface area contributed by atoms with Crippen molar-refractivity contribution in [2.24, 2.45) is 5.92 Å². The van der Waals surface area contributed by atoms with Crippen LogP contribution in [0.25, 0.3) is 0 Å². The summed E-state index contributed by atoms with van der Waals surface area (Å²) in [5.74, 6) is 0.0974. The van der Waals surface area contributed by atoms with Gasteiger partial charge in [-0.25, -0.2) is 9.59 Å². The van der Waals surface area contributed by atoms with Gasteiger partial charge < -0.3 is 4.79 Å². The molecule has 4 amide bonds. The first-order valence-corrected chi connectivity index (χ1v) is 10.6. The molecule has 150 valence electrons. The maximum Gasteiger partial charge on any atom is 0.330 e. The molecule has 1 N–H and O–H groups in total. The lowest BCUT2D eigenvalue weighted by Crippen LogP contribution is -2.59. The van der Waals surface area contributed by atoms with Crippen molar-refractivity contribution >= 4 is 29.7 Å². The molecule has 4 rings (SSSR count). The fraction of sp³-hybridized carbons (Fsp3) is 0.591. The highest BCUT2D eigenvalue weighted by molar-refractivity contribution is 6.15. The standard InChI is InChI=1S/C22H29N3O3/c1-22(15-26,16-9-5-6-10-16)25-19-14-8-7-13-18(19)24(20(27)23-21(25)28)17-11-3-2-4-12-17/h7-8,13-17H,2-6,9-12H2,1H3,(H,23,27,28). The number of anilines is 2. The van der Waals surface area contributed by atoms with Gasteiger partial charge in [-0.1, -0.05) is 44.2 Å². The number of nitrogens with one attached hydrogen (secondary N) is 1. The summed E-state index contributed by atoms with van der Waals surface area (Å²) in [7, 11) is 0. The summed E-state index contributed by atoms with van der Waals surface area (Å²) in [4.78, 5) is 41.9. The molecule has 0 bridgehead atoms. The minimum absolute atomic E-state index is 0.0802. The number of imide groups is 1. The number of benzene rings is 1. The second-order valence-corrected chi connectivity index (χ2v) is 8.55. The van der Waals surface area contributed by atoms with Crippen molar-refractivity contribution < 1.29 is 14.4 Å². The summed E-state index contributed by atoms with van der Waals surface area (Å²) in [6, 6.07) is 6.72. The Morgan fingerprint density at radius 3 is 2.18 bits per heavy atom. The first-order chi connectivity index (χ1) is 13.6. The molecule has 0 spiro atoms. The van der Waals surface area contributed by atoms with Crippen molar-refractivity contribution in [1.29, 1.82) is 0 Å². The van der Waals surface area contributed by atoms with Gasteiger partial charge in [-0.15, -0.1) is 0 Å². The molecule has 0 aromatic heterocycles. The van der Waals surface area contributed by atoms with Crippen LogP contribution >= 0.6 is 0 Å². The first-order valence-electron chi connectivity index (χ1n) is 10.6. The Labute approximate surface area is 166 Å². The molecule has 2 aliphatic carbocycles. The molecule has 1 unspecified atom stereocenters. The Balaban J connectivity index is 1.81. The topological polar surface area (TPSA) is 69.7 Å². The fourth-order valence-corrected chi connectivity index (χ4v) is 5.31. The average Bonchev–Trinajstić information content (AvgIpc) is 3.22. The highest BCUT2D eigenvalue weighted by Gasteiger charge is 2.47. The maximum absolute atomic E-state index is 13.2. The van der Waals surface area contributed by atoms with Gasteiger partial charge in [0.25, 0.3) is 0 Å². The van der Waals surface area contributed by atoms with Gasteiger partial charge in [0.05, 0.1) is 11.4 Å². The van der Waals surface area contributed by atoms with E-state index >= 15 is 0 Å². The van der Waals surface area contributed by atoms with E-state index in [0.29, 0.717) is 5.69 Å². The summed E-state index contributed by atoms with van der Waals surface area (Å²) in [5.41, 5.74) is 0.404. The van der Waals surface area contributed by atoms with Crippen LogP contribution in [0.1, 0.15) is 64.7 Å². The number of para-hydroxylation sites is 2. The lowest BCUT2D eigenvalue weighted by atomic mass is 9.83. The van der Waals surface area contributed by atoms with Gasteiger partial charge in [-0.3, -0.25) is 15.1 Å². The van der Waals surface area contributed by atoms with E-state index in [1.54, 1.807) is 9.80 Å². The Morgan fingerprint density at radius 1 is 0.929 bits per heavy atom. The van der Waals surface area contributed by atoms with Crippen molar-refractivity contribution in [3.05, 3.63) is 24.3 Å². The van der Waals surface area contributed by atoms with E-state index in [1.165, 1.54) is 6.42 Å². The zero-order chi connectivity index (χ0) is 19.7. The molecule has 1 aromatic carbocycles. The van der Waals surface area contributed by atoms with Crippen LogP contribution in [-0.2, 0) is 4.79 Å². The van der Waals surface area contributed by atoms with Gasteiger partial charge >= 0.3 is 12.1 Å². The molecule has 3 aliphatic rings. The smallest absolute Gasteiger partial charge is 0.301 e. The predicted molar refractivity (Wildman–Crippen MR) is 109 cm³/mol. The minimum Gasteiger partial charge on any atom is -0.301 e. The third kappa shape index (κ3) is 3.09. The van der Waals surface area contributed by atoms with E-state index in [4.69, 9.17) is 0 Å². The maximum atomic E-state index is 13.2.